The van der Waals surface area contributed by atoms with Gasteiger partial charge in [0.25, 0.3) is 0 Å². The number of unbranched alkanes of at least 4 members (excludes halogenated alkanes) is 2. The third-order valence-electron chi connectivity index (χ3n) is 7.13. The highest BCUT2D eigenvalue weighted by molar-refractivity contribution is 5.78. The van der Waals surface area contributed by atoms with Crippen LogP contribution >= 0.6 is 0 Å². The molecule has 4 heteroatoms. The molecule has 3 rings (SSSR count). The molecule has 0 aromatic heterocycles. The van der Waals surface area contributed by atoms with Crippen LogP contribution in [0.15, 0.2) is 12.1 Å². The van der Waals surface area contributed by atoms with Gasteiger partial charge in [-0.15, -0.1) is 0 Å². The topological polar surface area (TPSA) is 74.6 Å². The first kappa shape index (κ1) is 20.9. The fourth-order valence-electron chi connectivity index (χ4n) is 4.40. The minimum atomic E-state index is -0.617. The summed E-state index contributed by atoms with van der Waals surface area (Å²) in [6, 6.07) is 4.60. The van der Waals surface area contributed by atoms with Gasteiger partial charge in [-0.05, 0) is 100 Å². The van der Waals surface area contributed by atoms with E-state index in [0.29, 0.717) is 0 Å². The summed E-state index contributed by atoms with van der Waals surface area (Å²) >= 11 is 0. The molecule has 28 heavy (non-hydrogen) atoms. The number of hydrogen-bond donors (Lipinski definition) is 2. The number of rotatable bonds is 12. The summed E-state index contributed by atoms with van der Waals surface area (Å²) in [5, 5.41) is 18.6. The van der Waals surface area contributed by atoms with Crippen LogP contribution in [0.5, 0.6) is 0 Å². The Morgan fingerprint density at radius 2 is 1.11 bits per heavy atom. The van der Waals surface area contributed by atoms with Crippen molar-refractivity contribution in [2.24, 2.45) is 10.8 Å². The van der Waals surface area contributed by atoms with E-state index in [1.54, 1.807) is 0 Å². The summed E-state index contributed by atoms with van der Waals surface area (Å²) in [7, 11) is 0. The maximum Gasteiger partial charge on any atom is 0.309 e. The molecule has 1 aromatic rings. The summed E-state index contributed by atoms with van der Waals surface area (Å²) in [4.78, 5) is 22.6. The Hall–Kier alpha value is -1.84. The number of carboxylic acids is 2. The first-order chi connectivity index (χ1) is 13.3. The van der Waals surface area contributed by atoms with E-state index < -0.39 is 22.8 Å². The lowest BCUT2D eigenvalue weighted by Gasteiger charge is -2.15. The maximum absolute atomic E-state index is 11.3. The molecule has 0 radical (unpaired) electrons. The van der Waals surface area contributed by atoms with Crippen LogP contribution in [0.4, 0.5) is 0 Å². The molecular formula is C24H34O4. The molecule has 1 aromatic carbocycles. The van der Waals surface area contributed by atoms with E-state index in [9.17, 15) is 19.8 Å². The smallest absolute Gasteiger partial charge is 0.309 e. The predicted molar refractivity (Wildman–Crippen MR) is 110 cm³/mol. The normalized spacial score (nSPS) is 18.6. The van der Waals surface area contributed by atoms with Gasteiger partial charge < -0.3 is 10.2 Å². The van der Waals surface area contributed by atoms with Gasteiger partial charge in [0.2, 0.25) is 0 Å². The van der Waals surface area contributed by atoms with Gasteiger partial charge in [0.05, 0.1) is 10.8 Å². The number of carboxylic acid groups (broad SMARTS) is 2. The highest BCUT2D eigenvalue weighted by Crippen LogP contribution is 2.50. The van der Waals surface area contributed by atoms with Crippen LogP contribution in [-0.4, -0.2) is 22.2 Å². The van der Waals surface area contributed by atoms with Gasteiger partial charge in [0.1, 0.15) is 0 Å². The predicted octanol–water partition coefficient (Wildman–Crippen LogP) is 5.46. The molecule has 2 aliphatic rings. The van der Waals surface area contributed by atoms with Crippen LogP contribution in [0, 0.1) is 24.7 Å². The molecule has 2 N–H and O–H groups in total. The quantitative estimate of drug-likeness (QED) is 0.468. The van der Waals surface area contributed by atoms with Gasteiger partial charge in [-0.25, -0.2) is 0 Å². The zero-order valence-corrected chi connectivity index (χ0v) is 17.4. The van der Waals surface area contributed by atoms with E-state index >= 15 is 0 Å². The fraction of sp³-hybridized carbons (Fsp3) is 0.667. The number of aliphatic carboxylic acids is 2. The Kier molecular flexibility index (Phi) is 6.16. The lowest BCUT2D eigenvalue weighted by Crippen LogP contribution is -2.14. The average Bonchev–Trinajstić information content (AvgIpc) is 3.54. The molecule has 4 nitrogen and oxygen atoms in total. The fourth-order valence-corrected chi connectivity index (χ4v) is 4.40. The monoisotopic (exact) mass is 386 g/mol. The van der Waals surface area contributed by atoms with E-state index in [2.05, 4.69) is 26.0 Å². The molecule has 0 unspecified atom stereocenters. The second-order valence-corrected chi connectivity index (χ2v) is 9.29. The van der Waals surface area contributed by atoms with Crippen LogP contribution in [0.1, 0.15) is 86.5 Å². The molecule has 0 aliphatic heterocycles. The molecule has 2 fully saturated rings. The zero-order chi connectivity index (χ0) is 20.4. The Labute approximate surface area is 168 Å². The molecule has 2 saturated carbocycles. The van der Waals surface area contributed by atoms with Crippen molar-refractivity contribution in [3.05, 3.63) is 34.4 Å². The van der Waals surface area contributed by atoms with Crippen molar-refractivity contribution in [2.75, 3.05) is 0 Å². The summed E-state index contributed by atoms with van der Waals surface area (Å²) in [6.07, 6.45) is 11.0. The Morgan fingerprint density at radius 1 is 0.750 bits per heavy atom. The molecule has 154 valence electrons. The van der Waals surface area contributed by atoms with Gasteiger partial charge >= 0.3 is 11.9 Å². The second kappa shape index (κ2) is 8.26. The van der Waals surface area contributed by atoms with Crippen LogP contribution in [0.25, 0.3) is 0 Å². The number of aryl methyl sites for hydroxylation is 4. The van der Waals surface area contributed by atoms with E-state index in [4.69, 9.17) is 0 Å². The summed E-state index contributed by atoms with van der Waals surface area (Å²) in [5.41, 5.74) is 4.59. The van der Waals surface area contributed by atoms with Crippen molar-refractivity contribution >= 4 is 11.9 Å². The van der Waals surface area contributed by atoms with E-state index in [1.165, 1.54) is 22.3 Å². The van der Waals surface area contributed by atoms with E-state index in [-0.39, 0.29) is 0 Å². The Morgan fingerprint density at radius 3 is 1.39 bits per heavy atom. The van der Waals surface area contributed by atoms with Gasteiger partial charge in [-0.1, -0.05) is 25.0 Å². The van der Waals surface area contributed by atoms with Crippen molar-refractivity contribution in [2.45, 2.75) is 90.9 Å². The number of hydrogen-bond acceptors (Lipinski definition) is 2. The minimum absolute atomic E-state index is 0.408. The summed E-state index contributed by atoms with van der Waals surface area (Å²) < 4.78 is 0. The number of carbonyl (C=O) groups is 2. The third kappa shape index (κ3) is 4.76. The van der Waals surface area contributed by atoms with Gasteiger partial charge in [0, 0.05) is 0 Å². The third-order valence-corrected chi connectivity index (χ3v) is 7.13. The Bertz CT molecular complexity index is 678. The first-order valence-corrected chi connectivity index (χ1v) is 10.8. The highest BCUT2D eigenvalue weighted by Gasteiger charge is 2.49. The van der Waals surface area contributed by atoms with Crippen LogP contribution in [-0.2, 0) is 22.4 Å². The molecule has 0 bridgehead atoms. The molecule has 0 saturated heterocycles. The molecule has 0 atom stereocenters. The lowest BCUT2D eigenvalue weighted by atomic mass is 9.90. The molecule has 2 aliphatic carbocycles. The standard InChI is InChI=1S/C24H34O4/c1-17-15-19(7-3-5-9-23(11-12-23)21(25)26)20(16-18(17)2)8-4-6-10-24(13-14-24)22(27)28/h15-16H,3-14H2,1-2H3,(H,25,26)(H,27,28). The van der Waals surface area contributed by atoms with Crippen molar-refractivity contribution in [1.29, 1.82) is 0 Å². The van der Waals surface area contributed by atoms with Crippen molar-refractivity contribution < 1.29 is 19.8 Å². The van der Waals surface area contributed by atoms with Gasteiger partial charge in [-0.2, -0.15) is 0 Å². The molecule has 0 spiro atoms. The first-order valence-electron chi connectivity index (χ1n) is 10.8. The zero-order valence-electron chi connectivity index (χ0n) is 17.4. The van der Waals surface area contributed by atoms with Crippen LogP contribution in [0.3, 0.4) is 0 Å². The number of benzene rings is 1. The van der Waals surface area contributed by atoms with Crippen molar-refractivity contribution in [3.63, 3.8) is 0 Å². The van der Waals surface area contributed by atoms with E-state index in [0.717, 1.165) is 77.0 Å². The van der Waals surface area contributed by atoms with E-state index in [1.807, 2.05) is 0 Å². The average molecular weight is 387 g/mol. The summed E-state index contributed by atoms with van der Waals surface area (Å²) in [5.74, 6) is -1.23. The van der Waals surface area contributed by atoms with Crippen molar-refractivity contribution in [1.82, 2.24) is 0 Å². The Balaban J connectivity index is 1.50. The SMILES string of the molecule is Cc1cc(CCCCC2(C(=O)O)CC2)c(CCCCC2(C(=O)O)CC2)cc1C. The largest absolute Gasteiger partial charge is 0.481 e. The van der Waals surface area contributed by atoms with Crippen LogP contribution in [0.2, 0.25) is 0 Å². The van der Waals surface area contributed by atoms with Crippen molar-refractivity contribution in [3.8, 4) is 0 Å². The van der Waals surface area contributed by atoms with Gasteiger partial charge in [0.15, 0.2) is 0 Å². The second-order valence-electron chi connectivity index (χ2n) is 9.29. The molecule has 0 amide bonds. The van der Waals surface area contributed by atoms with Gasteiger partial charge in [-0.3, -0.25) is 9.59 Å². The maximum atomic E-state index is 11.3. The van der Waals surface area contributed by atoms with Crippen LogP contribution < -0.4 is 0 Å². The lowest BCUT2D eigenvalue weighted by molar-refractivity contribution is -0.144. The highest BCUT2D eigenvalue weighted by atomic mass is 16.4. The molecular weight excluding hydrogens is 352 g/mol. The molecule has 0 heterocycles. The summed E-state index contributed by atoms with van der Waals surface area (Å²) in [6.45, 7) is 4.30. The minimum Gasteiger partial charge on any atom is -0.481 e.